The Morgan fingerprint density at radius 3 is 2.84 bits per heavy atom. The van der Waals surface area contributed by atoms with Gasteiger partial charge in [0.15, 0.2) is 11.3 Å². The molecule has 1 aromatic carbocycles. The van der Waals surface area contributed by atoms with E-state index in [-0.39, 0.29) is 29.0 Å². The lowest BCUT2D eigenvalue weighted by molar-refractivity contribution is 0.0706. The van der Waals surface area contributed by atoms with Crippen LogP contribution in [0.15, 0.2) is 30.9 Å². The summed E-state index contributed by atoms with van der Waals surface area (Å²) in [6.45, 7) is 7.23. The van der Waals surface area contributed by atoms with Gasteiger partial charge in [-0.3, -0.25) is 9.59 Å². The Labute approximate surface area is 180 Å². The number of carbonyl (C=O) groups is 2. The average molecular weight is 422 g/mol. The molecule has 1 atom stereocenters. The first-order chi connectivity index (χ1) is 14.7. The molecule has 1 aliphatic rings. The molecule has 0 radical (unpaired) electrons. The number of nitrogens with one attached hydrogen (secondary N) is 2. The van der Waals surface area contributed by atoms with Crippen LogP contribution in [0.5, 0.6) is 0 Å². The van der Waals surface area contributed by atoms with E-state index in [9.17, 15) is 9.59 Å². The van der Waals surface area contributed by atoms with Crippen molar-refractivity contribution in [2.75, 3.05) is 18.8 Å². The van der Waals surface area contributed by atoms with Gasteiger partial charge in [-0.05, 0) is 36.8 Å². The highest BCUT2D eigenvalue weighted by Crippen LogP contribution is 2.30. The number of hydrogen-bond donors (Lipinski definition) is 3. The van der Waals surface area contributed by atoms with Crippen LogP contribution in [-0.2, 0) is 0 Å². The minimum Gasteiger partial charge on any atom is -0.398 e. The Balaban J connectivity index is 1.52. The number of anilines is 1. The van der Waals surface area contributed by atoms with Crippen molar-refractivity contribution in [3.63, 3.8) is 0 Å². The van der Waals surface area contributed by atoms with Crippen molar-refractivity contribution < 1.29 is 9.59 Å². The van der Waals surface area contributed by atoms with Crippen LogP contribution in [0.3, 0.4) is 0 Å². The summed E-state index contributed by atoms with van der Waals surface area (Å²) in [5, 5.41) is 3.10. The molecule has 0 spiro atoms. The van der Waals surface area contributed by atoms with E-state index in [2.05, 4.69) is 39.1 Å². The van der Waals surface area contributed by atoms with Crippen molar-refractivity contribution in [1.29, 1.82) is 0 Å². The van der Waals surface area contributed by atoms with E-state index in [1.165, 1.54) is 12.7 Å². The van der Waals surface area contributed by atoms with Crippen molar-refractivity contribution in [3.8, 4) is 0 Å². The second-order valence-electron chi connectivity index (χ2n) is 8.92. The molecular formula is C22H27N7O2. The molecule has 9 heteroatoms. The van der Waals surface area contributed by atoms with Crippen LogP contribution >= 0.6 is 0 Å². The van der Waals surface area contributed by atoms with Crippen LogP contribution in [0.4, 0.5) is 5.69 Å². The van der Waals surface area contributed by atoms with Gasteiger partial charge in [0.05, 0.1) is 11.9 Å². The van der Waals surface area contributed by atoms with E-state index in [4.69, 9.17) is 5.73 Å². The molecule has 2 aromatic heterocycles. The summed E-state index contributed by atoms with van der Waals surface area (Å²) in [7, 11) is 0. The van der Waals surface area contributed by atoms with E-state index >= 15 is 0 Å². The molecule has 1 fully saturated rings. The van der Waals surface area contributed by atoms with Gasteiger partial charge >= 0.3 is 0 Å². The lowest BCUT2D eigenvalue weighted by Gasteiger charge is -2.31. The zero-order valence-electron chi connectivity index (χ0n) is 18.0. The summed E-state index contributed by atoms with van der Waals surface area (Å²) in [6, 6.07) is 5.41. The maximum Gasteiger partial charge on any atom is 0.272 e. The van der Waals surface area contributed by atoms with Gasteiger partial charge in [0.1, 0.15) is 11.8 Å². The number of aromatic amines is 1. The summed E-state index contributed by atoms with van der Waals surface area (Å²) in [5.74, 6) is -0.342. The Morgan fingerprint density at radius 2 is 2.06 bits per heavy atom. The van der Waals surface area contributed by atoms with Crippen molar-refractivity contribution in [1.82, 2.24) is 30.2 Å². The van der Waals surface area contributed by atoms with Crippen LogP contribution in [-0.4, -0.2) is 55.8 Å². The van der Waals surface area contributed by atoms with Crippen LogP contribution in [0.2, 0.25) is 0 Å². The molecule has 1 saturated heterocycles. The summed E-state index contributed by atoms with van der Waals surface area (Å²) < 4.78 is 0. The minimum absolute atomic E-state index is 0.0642. The third kappa shape index (κ3) is 4.21. The maximum atomic E-state index is 13.3. The Bertz CT molecular complexity index is 1120. The zero-order chi connectivity index (χ0) is 22.2. The zero-order valence-corrected chi connectivity index (χ0v) is 18.0. The lowest BCUT2D eigenvalue weighted by Crippen LogP contribution is -2.38. The second kappa shape index (κ2) is 7.98. The predicted octanol–water partition coefficient (Wildman–Crippen LogP) is 2.30. The minimum atomic E-state index is -0.277. The third-order valence-corrected chi connectivity index (χ3v) is 5.74. The normalized spacial score (nSPS) is 18.5. The van der Waals surface area contributed by atoms with Crippen LogP contribution in [0.1, 0.15) is 53.1 Å². The fourth-order valence-electron chi connectivity index (χ4n) is 4.37. The van der Waals surface area contributed by atoms with Gasteiger partial charge in [0.25, 0.3) is 11.8 Å². The van der Waals surface area contributed by atoms with Crippen molar-refractivity contribution >= 4 is 28.7 Å². The number of aromatic nitrogens is 4. The van der Waals surface area contributed by atoms with Crippen molar-refractivity contribution in [2.45, 2.75) is 39.7 Å². The largest absolute Gasteiger partial charge is 0.398 e. The number of nitrogens with two attached hydrogens (primary N) is 1. The van der Waals surface area contributed by atoms with Gasteiger partial charge < -0.3 is 20.9 Å². The molecule has 2 amide bonds. The van der Waals surface area contributed by atoms with E-state index < -0.39 is 0 Å². The van der Waals surface area contributed by atoms with E-state index in [1.54, 1.807) is 6.07 Å². The molecule has 4 rings (SSSR count). The Kier molecular flexibility index (Phi) is 5.34. The number of carbonyl (C=O) groups excluding carboxylic acids is 2. The van der Waals surface area contributed by atoms with Gasteiger partial charge in [-0.1, -0.05) is 26.0 Å². The maximum absolute atomic E-state index is 13.3. The van der Waals surface area contributed by atoms with Crippen LogP contribution in [0.25, 0.3) is 11.2 Å². The standard InChI is InChI=1S/C22H27N7O2/c1-13-5-4-6-15(23)16(13)21(31)29-8-7-14(9-22(2,3)10-29)28-20(30)18-17-19(26-11-24-17)27-12-25-18/h4-6,11-12,14H,7-10,23H2,1-3H3,(H,28,30)(H,24,25,26,27). The van der Waals surface area contributed by atoms with Gasteiger partial charge in [0, 0.05) is 24.8 Å². The van der Waals surface area contributed by atoms with Gasteiger partial charge in [0.2, 0.25) is 0 Å². The molecule has 31 heavy (non-hydrogen) atoms. The number of H-pyrrole nitrogens is 1. The second-order valence-corrected chi connectivity index (χ2v) is 8.92. The molecular weight excluding hydrogens is 394 g/mol. The van der Waals surface area contributed by atoms with Gasteiger partial charge in [-0.15, -0.1) is 0 Å². The highest BCUT2D eigenvalue weighted by atomic mass is 16.2. The average Bonchev–Trinajstić information content (AvgIpc) is 3.13. The Morgan fingerprint density at radius 1 is 1.26 bits per heavy atom. The van der Waals surface area contributed by atoms with Gasteiger partial charge in [-0.2, -0.15) is 0 Å². The number of likely N-dealkylation sites (tertiary alicyclic amines) is 1. The highest BCUT2D eigenvalue weighted by Gasteiger charge is 2.34. The molecule has 0 bridgehead atoms. The first-order valence-corrected chi connectivity index (χ1v) is 10.3. The van der Waals surface area contributed by atoms with Crippen LogP contribution in [0, 0.1) is 12.3 Å². The summed E-state index contributed by atoms with van der Waals surface area (Å²) >= 11 is 0. The fraction of sp³-hybridized carbons (Fsp3) is 0.409. The molecule has 3 aromatic rings. The Hall–Kier alpha value is -3.49. The number of nitrogens with zero attached hydrogens (tertiary/aromatic N) is 4. The summed E-state index contributed by atoms with van der Waals surface area (Å²) in [6.07, 6.45) is 4.21. The van der Waals surface area contributed by atoms with Crippen molar-refractivity contribution in [3.05, 3.63) is 47.7 Å². The van der Waals surface area contributed by atoms with Crippen molar-refractivity contribution in [2.24, 2.45) is 5.41 Å². The molecule has 9 nitrogen and oxygen atoms in total. The molecule has 162 valence electrons. The smallest absolute Gasteiger partial charge is 0.272 e. The molecule has 0 aliphatic carbocycles. The topological polar surface area (TPSA) is 130 Å². The number of benzene rings is 1. The predicted molar refractivity (Wildman–Crippen MR) is 117 cm³/mol. The quantitative estimate of drug-likeness (QED) is 0.557. The first kappa shape index (κ1) is 20.8. The third-order valence-electron chi connectivity index (χ3n) is 5.74. The fourth-order valence-corrected chi connectivity index (χ4v) is 4.37. The van der Waals surface area contributed by atoms with Crippen LogP contribution < -0.4 is 11.1 Å². The number of fused-ring (bicyclic) bond motifs is 1. The monoisotopic (exact) mass is 421 g/mol. The molecule has 0 saturated carbocycles. The molecule has 1 aliphatic heterocycles. The van der Waals surface area contributed by atoms with E-state index in [0.29, 0.717) is 41.9 Å². The number of imidazole rings is 1. The number of hydrogen-bond acceptors (Lipinski definition) is 6. The summed E-state index contributed by atoms with van der Waals surface area (Å²) in [4.78, 5) is 43.2. The van der Waals surface area contributed by atoms with Gasteiger partial charge in [-0.25, -0.2) is 15.0 Å². The molecule has 1 unspecified atom stereocenters. The van der Waals surface area contributed by atoms with E-state index in [1.807, 2.05) is 24.0 Å². The number of aryl methyl sites for hydroxylation is 1. The molecule has 3 heterocycles. The molecule has 4 N–H and O–H groups in total. The SMILES string of the molecule is Cc1cccc(N)c1C(=O)N1CCC(NC(=O)c2ncnc3nc[nH]c23)CC(C)(C)C1. The highest BCUT2D eigenvalue weighted by molar-refractivity contribution is 6.02. The summed E-state index contributed by atoms with van der Waals surface area (Å²) in [5.41, 5.74) is 9.07. The lowest BCUT2D eigenvalue weighted by atomic mass is 9.85. The number of nitrogen functional groups attached to an aromatic ring is 1. The first-order valence-electron chi connectivity index (χ1n) is 10.3. The number of amides is 2. The van der Waals surface area contributed by atoms with E-state index in [0.717, 1.165) is 12.0 Å². The number of rotatable bonds is 3.